The van der Waals surface area contributed by atoms with Gasteiger partial charge in [-0.2, -0.15) is 10.4 Å². The van der Waals surface area contributed by atoms with Gasteiger partial charge in [-0.05, 0) is 24.1 Å². The zero-order chi connectivity index (χ0) is 20.8. The van der Waals surface area contributed by atoms with E-state index in [0.717, 1.165) is 6.07 Å². The number of pyridine rings is 1. The fourth-order valence-electron chi connectivity index (χ4n) is 4.21. The number of hydrogen-bond donors (Lipinski definition) is 0. The van der Waals surface area contributed by atoms with Gasteiger partial charge in [0.2, 0.25) is 0 Å². The molecule has 3 heterocycles. The van der Waals surface area contributed by atoms with Crippen molar-refractivity contribution < 1.29 is 13.5 Å². The highest BCUT2D eigenvalue weighted by atomic mass is 19.1. The van der Waals surface area contributed by atoms with Gasteiger partial charge < -0.3 is 4.74 Å². The second-order valence-corrected chi connectivity index (χ2v) is 7.66. The van der Waals surface area contributed by atoms with Gasteiger partial charge in [0.25, 0.3) is 0 Å². The molecule has 1 aliphatic heterocycles. The molecule has 0 bridgehead atoms. The predicted molar refractivity (Wildman–Crippen MR) is 101 cm³/mol. The molecular formula is C21H17F2N5O2. The van der Waals surface area contributed by atoms with E-state index in [9.17, 15) is 13.6 Å². The highest BCUT2D eigenvalue weighted by Crippen LogP contribution is 2.36. The van der Waals surface area contributed by atoms with Crippen LogP contribution in [-0.2, 0) is 6.42 Å². The molecule has 2 aromatic heterocycles. The Morgan fingerprint density at radius 2 is 1.90 bits per heavy atom. The molecule has 0 amide bonds. The molecule has 0 unspecified atom stereocenters. The van der Waals surface area contributed by atoms with Crippen LogP contribution in [0.25, 0.3) is 0 Å². The van der Waals surface area contributed by atoms with Gasteiger partial charge in [0.15, 0.2) is 0 Å². The molecule has 30 heavy (non-hydrogen) atoms. The maximum absolute atomic E-state index is 13.6. The number of nitriles is 1. The van der Waals surface area contributed by atoms with Crippen molar-refractivity contribution in [1.82, 2.24) is 19.3 Å². The largest absolute Gasteiger partial charge is 0.489 e. The molecule has 0 spiro atoms. The molecule has 0 radical (unpaired) electrons. The van der Waals surface area contributed by atoms with Crippen LogP contribution in [0.15, 0.2) is 41.5 Å². The number of hydrogen-bond acceptors (Lipinski definition) is 5. The summed E-state index contributed by atoms with van der Waals surface area (Å²) in [6.07, 6.45) is 5.28. The Balaban J connectivity index is 1.32. The maximum atomic E-state index is 13.6. The zero-order valence-electron chi connectivity index (χ0n) is 15.8. The van der Waals surface area contributed by atoms with E-state index in [1.165, 1.54) is 23.0 Å². The second-order valence-electron chi connectivity index (χ2n) is 7.66. The van der Waals surface area contributed by atoms with Gasteiger partial charge in [-0.15, -0.1) is 0 Å². The molecule has 7 nitrogen and oxygen atoms in total. The fraction of sp³-hybridized carbons (Fsp3) is 0.333. The molecule has 1 aliphatic carbocycles. The summed E-state index contributed by atoms with van der Waals surface area (Å²) in [4.78, 5) is 17.0. The third-order valence-electron chi connectivity index (χ3n) is 5.69. The van der Waals surface area contributed by atoms with Crippen molar-refractivity contribution in [1.29, 1.82) is 5.26 Å². The van der Waals surface area contributed by atoms with Gasteiger partial charge in [-0.1, -0.05) is 0 Å². The first-order valence-corrected chi connectivity index (χ1v) is 9.69. The number of aryl methyl sites for hydroxylation is 1. The average Bonchev–Trinajstić information content (AvgIpc) is 3.24. The molecule has 5 rings (SSSR count). The Kier molecular flexibility index (Phi) is 4.35. The van der Waals surface area contributed by atoms with Gasteiger partial charge in [0.1, 0.15) is 35.4 Å². The highest BCUT2D eigenvalue weighted by molar-refractivity contribution is 5.32. The number of benzene rings is 1. The van der Waals surface area contributed by atoms with Crippen LogP contribution in [0.1, 0.15) is 48.3 Å². The summed E-state index contributed by atoms with van der Waals surface area (Å²) in [5.41, 5.74) is 0.589. The topological polar surface area (TPSA) is 85.7 Å². The van der Waals surface area contributed by atoms with Crippen LogP contribution in [0.4, 0.5) is 8.78 Å². The number of aromatic nitrogens is 4. The van der Waals surface area contributed by atoms with Crippen molar-refractivity contribution in [2.24, 2.45) is 0 Å². The van der Waals surface area contributed by atoms with Crippen molar-refractivity contribution in [2.75, 3.05) is 0 Å². The van der Waals surface area contributed by atoms with Crippen LogP contribution in [0.2, 0.25) is 0 Å². The molecule has 1 saturated carbocycles. The lowest BCUT2D eigenvalue weighted by atomic mass is 9.89. The first-order valence-electron chi connectivity index (χ1n) is 9.69. The van der Waals surface area contributed by atoms with E-state index >= 15 is 0 Å². The lowest BCUT2D eigenvalue weighted by molar-refractivity contribution is 0.0620. The van der Waals surface area contributed by atoms with Gasteiger partial charge >= 0.3 is 5.69 Å². The quantitative estimate of drug-likeness (QED) is 0.661. The monoisotopic (exact) mass is 409 g/mol. The second kappa shape index (κ2) is 7.06. The van der Waals surface area contributed by atoms with Crippen LogP contribution in [0.3, 0.4) is 0 Å². The minimum Gasteiger partial charge on any atom is -0.489 e. The molecule has 2 aliphatic rings. The fourth-order valence-corrected chi connectivity index (χ4v) is 4.21. The highest BCUT2D eigenvalue weighted by Gasteiger charge is 2.37. The molecule has 0 saturated heterocycles. The van der Waals surface area contributed by atoms with E-state index in [4.69, 9.17) is 10.00 Å². The third-order valence-corrected chi connectivity index (χ3v) is 5.69. The Labute approximate surface area is 170 Å². The summed E-state index contributed by atoms with van der Waals surface area (Å²) in [7, 11) is 0. The first kappa shape index (κ1) is 18.5. The van der Waals surface area contributed by atoms with E-state index in [1.54, 1.807) is 16.8 Å². The Morgan fingerprint density at radius 3 is 2.63 bits per heavy atom. The van der Waals surface area contributed by atoms with Crippen molar-refractivity contribution >= 4 is 0 Å². The van der Waals surface area contributed by atoms with E-state index in [-0.39, 0.29) is 17.8 Å². The van der Waals surface area contributed by atoms with E-state index in [0.29, 0.717) is 48.4 Å². The molecule has 9 heteroatoms. The van der Waals surface area contributed by atoms with Crippen LogP contribution in [0, 0.1) is 23.0 Å². The summed E-state index contributed by atoms with van der Waals surface area (Å²) in [5.74, 6) is -0.170. The Hall–Kier alpha value is -3.54. The minimum absolute atomic E-state index is 0.0951. The van der Waals surface area contributed by atoms with Gasteiger partial charge in [-0.25, -0.2) is 18.3 Å². The van der Waals surface area contributed by atoms with Gasteiger partial charge in [-0.3, -0.25) is 9.55 Å². The molecule has 152 valence electrons. The number of ether oxygens (including phenoxy) is 1. The molecule has 1 aromatic carbocycles. The number of nitrogens with zero attached hydrogens (tertiary/aromatic N) is 5. The lowest BCUT2D eigenvalue weighted by Gasteiger charge is -2.34. The molecule has 1 atom stereocenters. The number of fused-ring (bicyclic) bond motifs is 1. The summed E-state index contributed by atoms with van der Waals surface area (Å²) < 4.78 is 36.1. The van der Waals surface area contributed by atoms with Crippen LogP contribution in [0.5, 0.6) is 5.75 Å². The standard InChI is InChI=1S/C21H17F2N5O2/c22-14-4-13(5-15(23)6-14)19-1-2-20-26-28(21(29)27(19)20)16-7-17(8-16)30-18-3-12(9-24)10-25-11-18/h3-6,10-11,16-17,19H,1-2,7-8H2/t16-,17-,19-/m0/s1. The smallest absolute Gasteiger partial charge is 0.346 e. The number of halogens is 2. The van der Waals surface area contributed by atoms with Crippen LogP contribution >= 0.6 is 0 Å². The third kappa shape index (κ3) is 3.14. The first-order chi connectivity index (χ1) is 14.5. The van der Waals surface area contributed by atoms with Crippen molar-refractivity contribution in [3.8, 4) is 11.8 Å². The maximum Gasteiger partial charge on any atom is 0.346 e. The molecule has 3 aromatic rings. The average molecular weight is 409 g/mol. The SMILES string of the molecule is N#Cc1cncc(O[C@H]2C[C@H](n3nc4n(c3=O)[C@H](c3cc(F)cc(F)c3)CC4)C2)c1. The normalized spacial score (nSPS) is 22.2. The summed E-state index contributed by atoms with van der Waals surface area (Å²) in [6.45, 7) is 0. The number of rotatable bonds is 4. The lowest BCUT2D eigenvalue weighted by Crippen LogP contribution is -2.41. The summed E-state index contributed by atoms with van der Waals surface area (Å²) in [5, 5.41) is 13.4. The minimum atomic E-state index is -0.659. The molecule has 0 N–H and O–H groups in total. The molecule has 1 fully saturated rings. The van der Waals surface area contributed by atoms with Gasteiger partial charge in [0, 0.05) is 37.6 Å². The van der Waals surface area contributed by atoms with E-state index in [1.807, 2.05) is 6.07 Å². The Morgan fingerprint density at radius 1 is 1.13 bits per heavy atom. The Bertz CT molecular complexity index is 1200. The summed E-state index contributed by atoms with van der Waals surface area (Å²) >= 11 is 0. The van der Waals surface area contributed by atoms with Gasteiger partial charge in [0.05, 0.1) is 23.8 Å². The van der Waals surface area contributed by atoms with Crippen LogP contribution < -0.4 is 10.4 Å². The van der Waals surface area contributed by atoms with E-state index in [2.05, 4.69) is 10.1 Å². The summed E-state index contributed by atoms with van der Waals surface area (Å²) in [6, 6.07) is 6.48. The molecular weight excluding hydrogens is 392 g/mol. The van der Waals surface area contributed by atoms with Crippen molar-refractivity contribution in [3.05, 3.63) is 75.7 Å². The van der Waals surface area contributed by atoms with Crippen LogP contribution in [-0.4, -0.2) is 25.4 Å². The van der Waals surface area contributed by atoms with E-state index < -0.39 is 17.7 Å². The zero-order valence-corrected chi connectivity index (χ0v) is 15.8. The van der Waals surface area contributed by atoms with Crippen molar-refractivity contribution in [2.45, 2.75) is 43.9 Å². The predicted octanol–water partition coefficient (Wildman–Crippen LogP) is 2.91. The van der Waals surface area contributed by atoms with Crippen molar-refractivity contribution in [3.63, 3.8) is 0 Å².